The summed E-state index contributed by atoms with van der Waals surface area (Å²) in [5.74, 6) is -1.76. The lowest BCUT2D eigenvalue weighted by molar-refractivity contribution is -0.122. The van der Waals surface area contributed by atoms with E-state index in [1.54, 1.807) is 0 Å². The summed E-state index contributed by atoms with van der Waals surface area (Å²) in [7, 11) is 0. The van der Waals surface area contributed by atoms with E-state index in [1.165, 1.54) is 6.20 Å². The number of carbonyl (C=O) groups is 3. The van der Waals surface area contributed by atoms with Crippen molar-refractivity contribution < 1.29 is 19.5 Å². The van der Waals surface area contributed by atoms with Gasteiger partial charge in [0.15, 0.2) is 0 Å². The Hall–Kier alpha value is -3.46. The minimum atomic E-state index is -1.22. The molecule has 0 aliphatic carbocycles. The number of nitrogens with two attached hydrogens (primary N) is 2. The lowest BCUT2D eigenvalue weighted by Crippen LogP contribution is -2.42. The number of aromatic nitrogens is 1. The van der Waals surface area contributed by atoms with Crippen molar-refractivity contribution in [2.24, 2.45) is 5.73 Å². The van der Waals surface area contributed by atoms with Crippen LogP contribution in [-0.2, 0) is 16.0 Å². The molecule has 1 heterocycles. The Kier molecular flexibility index (Phi) is 8.11. The third-order valence-electron chi connectivity index (χ3n) is 4.26. The van der Waals surface area contributed by atoms with Crippen LogP contribution in [0, 0.1) is 0 Å². The Morgan fingerprint density at radius 1 is 1.10 bits per heavy atom. The first kappa shape index (κ1) is 21.8. The highest BCUT2D eigenvalue weighted by Crippen LogP contribution is 2.21. The van der Waals surface area contributed by atoms with Gasteiger partial charge in [-0.1, -0.05) is 30.3 Å². The van der Waals surface area contributed by atoms with E-state index < -0.39 is 12.0 Å². The molecule has 0 unspecified atom stereocenters. The van der Waals surface area contributed by atoms with Gasteiger partial charge in [0.1, 0.15) is 5.56 Å². The summed E-state index contributed by atoms with van der Waals surface area (Å²) in [6, 6.07) is 8.90. The van der Waals surface area contributed by atoms with Crippen molar-refractivity contribution in [3.8, 4) is 0 Å². The van der Waals surface area contributed by atoms with Crippen LogP contribution in [-0.4, -0.2) is 40.5 Å². The molecule has 2 rings (SSSR count). The molecule has 0 fully saturated rings. The zero-order chi connectivity index (χ0) is 21.2. The summed E-state index contributed by atoms with van der Waals surface area (Å²) < 4.78 is 0. The van der Waals surface area contributed by atoms with Crippen LogP contribution in [0.4, 0.5) is 11.4 Å². The van der Waals surface area contributed by atoms with E-state index in [9.17, 15) is 14.4 Å². The number of nitrogens with one attached hydrogen (secondary N) is 2. The van der Waals surface area contributed by atoms with E-state index in [0.29, 0.717) is 25.8 Å². The number of anilines is 2. The molecule has 0 radical (unpaired) electrons. The molecule has 0 aliphatic heterocycles. The van der Waals surface area contributed by atoms with Gasteiger partial charge in [0, 0.05) is 19.2 Å². The van der Waals surface area contributed by atoms with Crippen molar-refractivity contribution in [1.29, 1.82) is 0 Å². The van der Waals surface area contributed by atoms with E-state index in [4.69, 9.17) is 16.6 Å². The molecule has 29 heavy (non-hydrogen) atoms. The molecule has 0 spiro atoms. The lowest BCUT2D eigenvalue weighted by Gasteiger charge is -2.12. The van der Waals surface area contributed by atoms with Gasteiger partial charge in [0.2, 0.25) is 11.8 Å². The second kappa shape index (κ2) is 10.8. The highest BCUT2D eigenvalue weighted by molar-refractivity contribution is 6.00. The fourth-order valence-corrected chi connectivity index (χ4v) is 2.67. The standard InChI is InChI=1S/C20H25N5O4/c21-15(10-13-6-2-1-3-7-13)19(27)24-9-5-4-8-17(26)25-16-12-23-11-14(18(16)22)20(28)29/h1-3,6-7,11-12,15H,4-5,8-10,21H2,(H2,22,23)(H,24,27)(H,25,26)(H,28,29)/t15-/m0/s1. The van der Waals surface area contributed by atoms with E-state index in [1.807, 2.05) is 30.3 Å². The number of amides is 2. The third kappa shape index (κ3) is 6.89. The minimum absolute atomic E-state index is 0.0412. The number of aromatic carboxylic acids is 1. The van der Waals surface area contributed by atoms with Gasteiger partial charge < -0.3 is 27.2 Å². The topological polar surface area (TPSA) is 160 Å². The molecule has 1 aromatic carbocycles. The molecule has 0 aliphatic rings. The SMILES string of the molecule is Nc1c(NC(=O)CCCCNC(=O)[C@@H](N)Cc2ccccc2)cncc1C(=O)O. The first-order valence-corrected chi connectivity index (χ1v) is 9.22. The van der Waals surface area contributed by atoms with Crippen LogP contribution in [0.15, 0.2) is 42.7 Å². The molecule has 9 nitrogen and oxygen atoms in total. The van der Waals surface area contributed by atoms with Gasteiger partial charge in [0.25, 0.3) is 0 Å². The van der Waals surface area contributed by atoms with E-state index in [0.717, 1.165) is 11.8 Å². The number of nitrogen functional groups attached to an aromatic ring is 1. The Labute approximate surface area is 168 Å². The van der Waals surface area contributed by atoms with Gasteiger partial charge in [-0.05, 0) is 24.8 Å². The average Bonchev–Trinajstić information content (AvgIpc) is 2.69. The average molecular weight is 399 g/mol. The molecule has 9 heteroatoms. The first-order valence-electron chi connectivity index (χ1n) is 9.22. The molecule has 7 N–H and O–H groups in total. The number of benzene rings is 1. The molecule has 0 bridgehead atoms. The van der Waals surface area contributed by atoms with Gasteiger partial charge in [-0.15, -0.1) is 0 Å². The molecular formula is C20H25N5O4. The van der Waals surface area contributed by atoms with Crippen LogP contribution in [0.3, 0.4) is 0 Å². The number of pyridine rings is 1. The maximum absolute atomic E-state index is 12.0. The molecule has 0 saturated heterocycles. The number of unbranched alkanes of at least 4 members (excludes halogenated alkanes) is 1. The molecule has 1 aromatic heterocycles. The smallest absolute Gasteiger partial charge is 0.339 e. The maximum Gasteiger partial charge on any atom is 0.339 e. The van der Waals surface area contributed by atoms with E-state index >= 15 is 0 Å². The molecular weight excluding hydrogens is 374 g/mol. The fraction of sp³-hybridized carbons (Fsp3) is 0.300. The Bertz CT molecular complexity index is 857. The minimum Gasteiger partial charge on any atom is -0.478 e. The molecule has 154 valence electrons. The Balaban J connectivity index is 1.67. The number of hydrogen-bond donors (Lipinski definition) is 5. The van der Waals surface area contributed by atoms with Crippen molar-refractivity contribution in [2.75, 3.05) is 17.6 Å². The zero-order valence-electron chi connectivity index (χ0n) is 15.9. The van der Waals surface area contributed by atoms with E-state index in [-0.39, 0.29) is 35.2 Å². The van der Waals surface area contributed by atoms with Crippen LogP contribution >= 0.6 is 0 Å². The first-order chi connectivity index (χ1) is 13.9. The quantitative estimate of drug-likeness (QED) is 0.375. The van der Waals surface area contributed by atoms with E-state index in [2.05, 4.69) is 15.6 Å². The van der Waals surface area contributed by atoms with Crippen molar-refractivity contribution in [3.63, 3.8) is 0 Å². The van der Waals surface area contributed by atoms with Crippen molar-refractivity contribution in [1.82, 2.24) is 10.3 Å². The maximum atomic E-state index is 12.0. The molecule has 2 amide bonds. The third-order valence-corrected chi connectivity index (χ3v) is 4.26. The molecule has 1 atom stereocenters. The summed E-state index contributed by atoms with van der Waals surface area (Å²) in [5, 5.41) is 14.3. The van der Waals surface area contributed by atoms with Crippen LogP contribution in [0.1, 0.15) is 35.2 Å². The summed E-state index contributed by atoms with van der Waals surface area (Å²) in [6.07, 6.45) is 4.21. The van der Waals surface area contributed by atoms with Crippen molar-refractivity contribution in [2.45, 2.75) is 31.7 Å². The van der Waals surface area contributed by atoms with Crippen molar-refractivity contribution in [3.05, 3.63) is 53.9 Å². The van der Waals surface area contributed by atoms with Crippen molar-refractivity contribution >= 4 is 29.2 Å². The summed E-state index contributed by atoms with van der Waals surface area (Å²) in [6.45, 7) is 0.410. The van der Waals surface area contributed by atoms with Crippen LogP contribution in [0.2, 0.25) is 0 Å². The highest BCUT2D eigenvalue weighted by atomic mass is 16.4. The number of nitrogens with zero attached hydrogens (tertiary/aromatic N) is 1. The monoisotopic (exact) mass is 399 g/mol. The predicted octanol–water partition coefficient (Wildman–Crippen LogP) is 1.16. The van der Waals surface area contributed by atoms with Crippen LogP contribution in [0.25, 0.3) is 0 Å². The second-order valence-electron chi connectivity index (χ2n) is 6.55. The number of carbonyl (C=O) groups excluding carboxylic acids is 2. The number of hydrogen-bond acceptors (Lipinski definition) is 6. The summed E-state index contributed by atoms with van der Waals surface area (Å²) >= 11 is 0. The number of carboxylic acids is 1. The Morgan fingerprint density at radius 2 is 1.83 bits per heavy atom. The number of rotatable bonds is 10. The lowest BCUT2D eigenvalue weighted by atomic mass is 10.1. The van der Waals surface area contributed by atoms with Gasteiger partial charge >= 0.3 is 5.97 Å². The van der Waals surface area contributed by atoms with Gasteiger partial charge in [0.05, 0.1) is 23.6 Å². The zero-order valence-corrected chi connectivity index (χ0v) is 15.9. The van der Waals surface area contributed by atoms with Crippen LogP contribution < -0.4 is 22.1 Å². The van der Waals surface area contributed by atoms with Crippen LogP contribution in [0.5, 0.6) is 0 Å². The van der Waals surface area contributed by atoms with Gasteiger partial charge in [-0.2, -0.15) is 0 Å². The second-order valence-corrected chi connectivity index (χ2v) is 6.55. The molecule has 2 aromatic rings. The number of carboxylic acid groups (broad SMARTS) is 1. The molecule has 0 saturated carbocycles. The summed E-state index contributed by atoms with van der Waals surface area (Å²) in [5.41, 5.74) is 12.6. The van der Waals surface area contributed by atoms with Gasteiger partial charge in [-0.25, -0.2) is 4.79 Å². The predicted molar refractivity (Wildman–Crippen MR) is 109 cm³/mol. The Morgan fingerprint density at radius 3 is 2.52 bits per heavy atom. The van der Waals surface area contributed by atoms with Gasteiger partial charge in [-0.3, -0.25) is 14.6 Å². The fourth-order valence-electron chi connectivity index (χ4n) is 2.67. The summed E-state index contributed by atoms with van der Waals surface area (Å²) in [4.78, 5) is 38.8. The highest BCUT2D eigenvalue weighted by Gasteiger charge is 2.15. The normalized spacial score (nSPS) is 11.5. The largest absolute Gasteiger partial charge is 0.478 e.